The Morgan fingerprint density at radius 3 is 2.95 bits per heavy atom. The standard InChI is InChI=1S/C16H21N5O/c22-16(14-3-1-2-8-18-14)19-15-7-12-21(20-15)11-6-13-4-9-17-10-5-13/h4-5,7,9-10,12,14,18H,1-3,6,8,11H2,(H,19,20,22)/t14-/m1/s1. The molecule has 6 nitrogen and oxygen atoms in total. The number of hydrogen-bond donors (Lipinski definition) is 2. The molecule has 2 aromatic rings. The lowest BCUT2D eigenvalue weighted by Gasteiger charge is -2.21. The van der Waals surface area contributed by atoms with Crippen molar-refractivity contribution in [3.05, 3.63) is 42.4 Å². The molecule has 1 atom stereocenters. The number of hydrogen-bond acceptors (Lipinski definition) is 4. The van der Waals surface area contributed by atoms with Gasteiger partial charge in [0.05, 0.1) is 6.04 Å². The first kappa shape index (κ1) is 14.7. The molecule has 0 unspecified atom stereocenters. The third kappa shape index (κ3) is 3.92. The van der Waals surface area contributed by atoms with E-state index in [9.17, 15) is 4.79 Å². The average Bonchev–Trinajstić information content (AvgIpc) is 3.02. The van der Waals surface area contributed by atoms with E-state index in [1.165, 1.54) is 5.56 Å². The van der Waals surface area contributed by atoms with Crippen LogP contribution in [0.3, 0.4) is 0 Å². The van der Waals surface area contributed by atoms with Gasteiger partial charge in [-0.3, -0.25) is 14.5 Å². The predicted octanol–water partition coefficient (Wildman–Crippen LogP) is 1.60. The number of carbonyl (C=O) groups is 1. The Bertz CT molecular complexity index is 604. The minimum Gasteiger partial charge on any atom is -0.308 e. The van der Waals surface area contributed by atoms with Crippen LogP contribution in [0.15, 0.2) is 36.8 Å². The Morgan fingerprint density at radius 1 is 1.32 bits per heavy atom. The smallest absolute Gasteiger partial charge is 0.242 e. The Labute approximate surface area is 129 Å². The normalized spacial score (nSPS) is 18.1. The predicted molar refractivity (Wildman–Crippen MR) is 84.4 cm³/mol. The van der Waals surface area contributed by atoms with Crippen molar-refractivity contribution in [2.75, 3.05) is 11.9 Å². The van der Waals surface area contributed by atoms with Crippen LogP contribution in [0.1, 0.15) is 24.8 Å². The number of piperidine rings is 1. The van der Waals surface area contributed by atoms with Gasteiger partial charge in [0.1, 0.15) is 0 Å². The third-order valence-electron chi connectivity index (χ3n) is 3.90. The van der Waals surface area contributed by atoms with Crippen molar-refractivity contribution < 1.29 is 4.79 Å². The largest absolute Gasteiger partial charge is 0.308 e. The second kappa shape index (κ2) is 7.17. The third-order valence-corrected chi connectivity index (χ3v) is 3.90. The van der Waals surface area contributed by atoms with Gasteiger partial charge in [-0.2, -0.15) is 5.10 Å². The van der Waals surface area contributed by atoms with Gasteiger partial charge in [0.2, 0.25) is 5.91 Å². The summed E-state index contributed by atoms with van der Waals surface area (Å²) in [4.78, 5) is 16.1. The first-order valence-electron chi connectivity index (χ1n) is 7.78. The van der Waals surface area contributed by atoms with Crippen LogP contribution >= 0.6 is 0 Å². The van der Waals surface area contributed by atoms with Gasteiger partial charge in [-0.15, -0.1) is 0 Å². The van der Waals surface area contributed by atoms with E-state index in [0.717, 1.165) is 38.8 Å². The van der Waals surface area contributed by atoms with Crippen molar-refractivity contribution >= 4 is 11.7 Å². The zero-order chi connectivity index (χ0) is 15.2. The monoisotopic (exact) mass is 299 g/mol. The van der Waals surface area contributed by atoms with Crippen LogP contribution in [0.4, 0.5) is 5.82 Å². The molecule has 22 heavy (non-hydrogen) atoms. The van der Waals surface area contributed by atoms with Crippen LogP contribution < -0.4 is 10.6 Å². The number of aromatic nitrogens is 3. The van der Waals surface area contributed by atoms with Gasteiger partial charge >= 0.3 is 0 Å². The summed E-state index contributed by atoms with van der Waals surface area (Å²) in [5, 5.41) is 10.5. The Balaban J connectivity index is 1.51. The number of carbonyl (C=O) groups excluding carboxylic acids is 1. The summed E-state index contributed by atoms with van der Waals surface area (Å²) in [6.07, 6.45) is 9.52. The molecular weight excluding hydrogens is 278 g/mol. The molecule has 2 aromatic heterocycles. The molecule has 0 radical (unpaired) electrons. The van der Waals surface area contributed by atoms with Gasteiger partial charge in [-0.05, 0) is 43.5 Å². The summed E-state index contributed by atoms with van der Waals surface area (Å²) in [7, 11) is 0. The van der Waals surface area contributed by atoms with Gasteiger partial charge < -0.3 is 10.6 Å². The molecule has 6 heteroatoms. The minimum atomic E-state index is -0.0873. The summed E-state index contributed by atoms with van der Waals surface area (Å²) in [6, 6.07) is 5.76. The molecule has 1 aliphatic rings. The van der Waals surface area contributed by atoms with Crippen molar-refractivity contribution in [2.45, 2.75) is 38.3 Å². The molecule has 0 spiro atoms. The number of amides is 1. The lowest BCUT2D eigenvalue weighted by atomic mass is 10.0. The number of anilines is 1. The first-order valence-corrected chi connectivity index (χ1v) is 7.78. The molecule has 1 saturated heterocycles. The van der Waals surface area contributed by atoms with E-state index in [2.05, 4.69) is 20.7 Å². The molecule has 0 aliphatic carbocycles. The van der Waals surface area contributed by atoms with E-state index in [1.807, 2.05) is 29.1 Å². The lowest BCUT2D eigenvalue weighted by molar-refractivity contribution is -0.118. The molecule has 3 rings (SSSR count). The van der Waals surface area contributed by atoms with E-state index in [0.29, 0.717) is 5.82 Å². The summed E-state index contributed by atoms with van der Waals surface area (Å²) in [5.41, 5.74) is 1.22. The fraction of sp³-hybridized carbons (Fsp3) is 0.438. The molecule has 0 saturated carbocycles. The zero-order valence-electron chi connectivity index (χ0n) is 12.5. The van der Waals surface area contributed by atoms with Crippen molar-refractivity contribution in [1.29, 1.82) is 0 Å². The van der Waals surface area contributed by atoms with Crippen LogP contribution in [0.25, 0.3) is 0 Å². The van der Waals surface area contributed by atoms with Crippen LogP contribution in [-0.4, -0.2) is 33.3 Å². The van der Waals surface area contributed by atoms with Gasteiger partial charge in [0.25, 0.3) is 0 Å². The Hall–Kier alpha value is -2.21. The summed E-state index contributed by atoms with van der Waals surface area (Å²) in [6.45, 7) is 1.69. The minimum absolute atomic E-state index is 0.0130. The molecule has 2 N–H and O–H groups in total. The molecule has 3 heterocycles. The number of nitrogens with zero attached hydrogens (tertiary/aromatic N) is 3. The second-order valence-corrected chi connectivity index (χ2v) is 5.56. The van der Waals surface area contributed by atoms with Gasteiger partial charge in [0, 0.05) is 31.2 Å². The van der Waals surface area contributed by atoms with Gasteiger partial charge in [-0.1, -0.05) is 6.42 Å². The number of rotatable bonds is 5. The molecule has 1 fully saturated rings. The topological polar surface area (TPSA) is 71.8 Å². The van der Waals surface area contributed by atoms with Crippen molar-refractivity contribution in [3.8, 4) is 0 Å². The van der Waals surface area contributed by atoms with Crippen LogP contribution in [0.2, 0.25) is 0 Å². The molecule has 0 bridgehead atoms. The maximum absolute atomic E-state index is 12.1. The van der Waals surface area contributed by atoms with Crippen molar-refractivity contribution in [2.24, 2.45) is 0 Å². The summed E-state index contributed by atoms with van der Waals surface area (Å²) < 4.78 is 1.85. The van der Waals surface area contributed by atoms with Crippen LogP contribution in [0.5, 0.6) is 0 Å². The number of pyridine rings is 1. The average molecular weight is 299 g/mol. The highest BCUT2D eigenvalue weighted by atomic mass is 16.2. The van der Waals surface area contributed by atoms with E-state index in [4.69, 9.17) is 0 Å². The van der Waals surface area contributed by atoms with Gasteiger partial charge in [-0.25, -0.2) is 0 Å². The quantitative estimate of drug-likeness (QED) is 0.879. The van der Waals surface area contributed by atoms with Crippen molar-refractivity contribution in [3.63, 3.8) is 0 Å². The van der Waals surface area contributed by atoms with E-state index in [1.54, 1.807) is 12.4 Å². The molecule has 1 amide bonds. The maximum Gasteiger partial charge on any atom is 0.242 e. The summed E-state index contributed by atoms with van der Waals surface area (Å²) in [5.74, 6) is 0.631. The Kier molecular flexibility index (Phi) is 4.80. The molecule has 116 valence electrons. The lowest BCUT2D eigenvalue weighted by Crippen LogP contribution is -2.43. The van der Waals surface area contributed by atoms with E-state index < -0.39 is 0 Å². The Morgan fingerprint density at radius 2 is 2.18 bits per heavy atom. The molecule has 0 aromatic carbocycles. The van der Waals surface area contributed by atoms with Crippen LogP contribution in [0, 0.1) is 0 Å². The fourth-order valence-corrected chi connectivity index (χ4v) is 2.63. The highest BCUT2D eigenvalue weighted by molar-refractivity contribution is 5.94. The number of aryl methyl sites for hydroxylation is 2. The number of nitrogens with one attached hydrogen (secondary N) is 2. The van der Waals surface area contributed by atoms with Crippen LogP contribution in [-0.2, 0) is 17.8 Å². The van der Waals surface area contributed by atoms with Gasteiger partial charge in [0.15, 0.2) is 5.82 Å². The molecule has 1 aliphatic heterocycles. The molecular formula is C16H21N5O. The van der Waals surface area contributed by atoms with E-state index >= 15 is 0 Å². The first-order chi connectivity index (χ1) is 10.8. The zero-order valence-corrected chi connectivity index (χ0v) is 12.5. The van der Waals surface area contributed by atoms with Crippen molar-refractivity contribution in [1.82, 2.24) is 20.1 Å². The fourth-order valence-electron chi connectivity index (χ4n) is 2.63. The highest BCUT2D eigenvalue weighted by Gasteiger charge is 2.20. The highest BCUT2D eigenvalue weighted by Crippen LogP contribution is 2.10. The SMILES string of the molecule is O=C(Nc1ccn(CCc2ccncc2)n1)[C@H]1CCCCN1. The second-order valence-electron chi connectivity index (χ2n) is 5.56. The summed E-state index contributed by atoms with van der Waals surface area (Å²) >= 11 is 0. The maximum atomic E-state index is 12.1. The van der Waals surface area contributed by atoms with E-state index in [-0.39, 0.29) is 11.9 Å².